The number of imidazole rings is 1. The molecule has 0 fully saturated rings. The Bertz CT molecular complexity index is 972. The average Bonchev–Trinajstić information content (AvgIpc) is 3.17. The molecule has 114 valence electrons. The lowest BCUT2D eigenvalue weighted by Crippen LogP contribution is -1.89. The van der Waals surface area contributed by atoms with E-state index in [1.54, 1.807) is 18.5 Å². The highest BCUT2D eigenvalue weighted by molar-refractivity contribution is 5.80. The summed E-state index contributed by atoms with van der Waals surface area (Å²) in [6.07, 6.45) is 2.24. The fourth-order valence-electron chi connectivity index (χ4n) is 2.50. The molecule has 0 aliphatic heterocycles. The molecule has 5 nitrogen and oxygen atoms in total. The lowest BCUT2D eigenvalue weighted by Gasteiger charge is -1.97. The minimum absolute atomic E-state index is 0.261. The maximum absolute atomic E-state index is 12.9. The fraction of sp³-hybridized carbons (Fsp3) is 0.118. The number of rotatable bonds is 3. The van der Waals surface area contributed by atoms with E-state index in [1.807, 2.05) is 29.8 Å². The van der Waals surface area contributed by atoms with Gasteiger partial charge in [0.1, 0.15) is 5.82 Å². The summed E-state index contributed by atoms with van der Waals surface area (Å²) in [7, 11) is 1.95. The molecule has 0 spiro atoms. The van der Waals surface area contributed by atoms with E-state index in [-0.39, 0.29) is 5.82 Å². The van der Waals surface area contributed by atoms with Crippen LogP contribution in [0.3, 0.4) is 0 Å². The number of aryl methyl sites for hydroxylation is 1. The minimum atomic E-state index is -0.261. The van der Waals surface area contributed by atoms with Gasteiger partial charge in [-0.15, -0.1) is 0 Å². The maximum Gasteiger partial charge on any atom is 0.231 e. The summed E-state index contributed by atoms with van der Waals surface area (Å²) in [5.41, 5.74) is 3.70. The Kier molecular flexibility index (Phi) is 3.15. The standard InChI is InChI=1S/C17H13FN4O/c1-22-10-19-14-9-12(4-7-15(14)22)17-20-16(23-21-17)8-11-2-5-13(18)6-3-11/h2-7,9-10H,8H2,1H3. The van der Waals surface area contributed by atoms with Gasteiger partial charge in [-0.2, -0.15) is 4.98 Å². The number of halogens is 1. The van der Waals surface area contributed by atoms with Crippen LogP contribution in [0.25, 0.3) is 22.4 Å². The van der Waals surface area contributed by atoms with Crippen LogP contribution in [-0.4, -0.2) is 19.7 Å². The molecule has 4 rings (SSSR count). The van der Waals surface area contributed by atoms with E-state index in [0.717, 1.165) is 22.2 Å². The first-order valence-corrected chi connectivity index (χ1v) is 7.17. The minimum Gasteiger partial charge on any atom is -0.339 e. The number of fused-ring (bicyclic) bond motifs is 1. The van der Waals surface area contributed by atoms with Crippen molar-refractivity contribution in [1.29, 1.82) is 0 Å². The predicted molar refractivity (Wildman–Crippen MR) is 83.2 cm³/mol. The van der Waals surface area contributed by atoms with Crippen molar-refractivity contribution in [3.8, 4) is 11.4 Å². The van der Waals surface area contributed by atoms with Crippen molar-refractivity contribution in [1.82, 2.24) is 19.7 Å². The highest BCUT2D eigenvalue weighted by atomic mass is 19.1. The van der Waals surface area contributed by atoms with Gasteiger partial charge in [0.2, 0.25) is 11.7 Å². The molecule has 0 saturated heterocycles. The van der Waals surface area contributed by atoms with Crippen LogP contribution >= 0.6 is 0 Å². The first-order valence-electron chi connectivity index (χ1n) is 7.17. The summed E-state index contributed by atoms with van der Waals surface area (Å²) in [6.45, 7) is 0. The third-order valence-corrected chi connectivity index (χ3v) is 3.72. The highest BCUT2D eigenvalue weighted by Crippen LogP contribution is 2.22. The summed E-state index contributed by atoms with van der Waals surface area (Å²) in [6, 6.07) is 12.1. The van der Waals surface area contributed by atoms with Crippen LogP contribution in [0.4, 0.5) is 4.39 Å². The Morgan fingerprint density at radius 3 is 2.78 bits per heavy atom. The summed E-state index contributed by atoms with van der Waals surface area (Å²) < 4.78 is 20.2. The van der Waals surface area contributed by atoms with Gasteiger partial charge >= 0.3 is 0 Å². The third-order valence-electron chi connectivity index (χ3n) is 3.72. The number of nitrogens with zero attached hydrogens (tertiary/aromatic N) is 4. The number of hydrogen-bond donors (Lipinski definition) is 0. The summed E-state index contributed by atoms with van der Waals surface area (Å²) in [5.74, 6) is 0.756. The zero-order valence-electron chi connectivity index (χ0n) is 12.4. The monoisotopic (exact) mass is 308 g/mol. The molecule has 2 aromatic carbocycles. The largest absolute Gasteiger partial charge is 0.339 e. The Balaban J connectivity index is 1.62. The molecule has 0 amide bonds. The lowest BCUT2D eigenvalue weighted by atomic mass is 10.1. The van der Waals surface area contributed by atoms with E-state index < -0.39 is 0 Å². The van der Waals surface area contributed by atoms with Crippen molar-refractivity contribution in [2.24, 2.45) is 7.05 Å². The zero-order valence-corrected chi connectivity index (χ0v) is 12.4. The predicted octanol–water partition coefficient (Wildman–Crippen LogP) is 3.35. The van der Waals surface area contributed by atoms with Crippen molar-refractivity contribution in [2.45, 2.75) is 6.42 Å². The SMILES string of the molecule is Cn1cnc2cc(-c3noc(Cc4ccc(F)cc4)n3)ccc21. The topological polar surface area (TPSA) is 56.7 Å². The van der Waals surface area contributed by atoms with Gasteiger partial charge in [0.05, 0.1) is 23.8 Å². The van der Waals surface area contributed by atoms with E-state index >= 15 is 0 Å². The van der Waals surface area contributed by atoms with Gasteiger partial charge in [0.15, 0.2) is 0 Å². The molecular formula is C17H13FN4O. The molecule has 0 unspecified atom stereocenters. The molecule has 0 aliphatic rings. The Hall–Kier alpha value is -3.02. The number of benzene rings is 2. The molecule has 6 heteroatoms. The maximum atomic E-state index is 12.9. The van der Waals surface area contributed by atoms with E-state index in [9.17, 15) is 4.39 Å². The normalized spacial score (nSPS) is 11.2. The van der Waals surface area contributed by atoms with Crippen LogP contribution in [-0.2, 0) is 13.5 Å². The molecule has 0 saturated carbocycles. The molecule has 2 aromatic heterocycles. The smallest absolute Gasteiger partial charge is 0.231 e. The van der Waals surface area contributed by atoms with Crippen LogP contribution in [0, 0.1) is 5.82 Å². The molecule has 2 heterocycles. The molecule has 0 N–H and O–H groups in total. The van der Waals surface area contributed by atoms with Crippen molar-refractivity contribution < 1.29 is 8.91 Å². The Morgan fingerprint density at radius 1 is 1.13 bits per heavy atom. The molecule has 0 aliphatic carbocycles. The van der Waals surface area contributed by atoms with Gasteiger partial charge in [-0.3, -0.25) is 0 Å². The molecule has 0 atom stereocenters. The van der Waals surface area contributed by atoms with Gasteiger partial charge in [-0.25, -0.2) is 9.37 Å². The van der Waals surface area contributed by atoms with Gasteiger partial charge in [-0.05, 0) is 35.9 Å². The van der Waals surface area contributed by atoms with E-state index in [4.69, 9.17) is 4.52 Å². The van der Waals surface area contributed by atoms with E-state index in [1.165, 1.54) is 12.1 Å². The van der Waals surface area contributed by atoms with Crippen LogP contribution in [0.15, 0.2) is 53.3 Å². The van der Waals surface area contributed by atoms with Crippen LogP contribution < -0.4 is 0 Å². The van der Waals surface area contributed by atoms with Crippen LogP contribution in [0.2, 0.25) is 0 Å². The zero-order chi connectivity index (χ0) is 15.8. The van der Waals surface area contributed by atoms with Crippen molar-refractivity contribution in [2.75, 3.05) is 0 Å². The first kappa shape index (κ1) is 13.6. The summed E-state index contributed by atoms with van der Waals surface area (Å²) >= 11 is 0. The lowest BCUT2D eigenvalue weighted by molar-refractivity contribution is 0.385. The second-order valence-corrected chi connectivity index (χ2v) is 5.37. The number of hydrogen-bond acceptors (Lipinski definition) is 4. The quantitative estimate of drug-likeness (QED) is 0.582. The van der Waals surface area contributed by atoms with Crippen molar-refractivity contribution >= 4 is 11.0 Å². The van der Waals surface area contributed by atoms with Gasteiger partial charge in [-0.1, -0.05) is 17.3 Å². The van der Waals surface area contributed by atoms with Gasteiger partial charge in [0, 0.05) is 12.6 Å². The third kappa shape index (κ3) is 2.59. The van der Waals surface area contributed by atoms with Crippen molar-refractivity contribution in [3.63, 3.8) is 0 Å². The second kappa shape index (κ2) is 5.31. The summed E-state index contributed by atoms with van der Waals surface area (Å²) in [4.78, 5) is 8.73. The van der Waals surface area contributed by atoms with Gasteiger partial charge < -0.3 is 9.09 Å². The highest BCUT2D eigenvalue weighted by Gasteiger charge is 2.11. The van der Waals surface area contributed by atoms with Crippen molar-refractivity contribution in [3.05, 3.63) is 66.1 Å². The van der Waals surface area contributed by atoms with Gasteiger partial charge in [0.25, 0.3) is 0 Å². The van der Waals surface area contributed by atoms with Crippen LogP contribution in [0.1, 0.15) is 11.5 Å². The molecule has 4 aromatic rings. The summed E-state index contributed by atoms with van der Waals surface area (Å²) in [5, 5.41) is 4.02. The Labute approximate surface area is 131 Å². The van der Waals surface area contributed by atoms with E-state index in [2.05, 4.69) is 15.1 Å². The molecule has 0 bridgehead atoms. The average molecular weight is 308 g/mol. The van der Waals surface area contributed by atoms with E-state index in [0.29, 0.717) is 18.1 Å². The number of aromatic nitrogens is 4. The van der Waals surface area contributed by atoms with Crippen LogP contribution in [0.5, 0.6) is 0 Å². The second-order valence-electron chi connectivity index (χ2n) is 5.37. The molecular weight excluding hydrogens is 295 g/mol. The first-order chi connectivity index (χ1) is 11.2. The molecule has 0 radical (unpaired) electrons. The Morgan fingerprint density at radius 2 is 1.96 bits per heavy atom. The molecule has 23 heavy (non-hydrogen) atoms. The fourth-order valence-corrected chi connectivity index (χ4v) is 2.50.